The summed E-state index contributed by atoms with van der Waals surface area (Å²) in [5, 5.41) is 0. The van der Waals surface area contributed by atoms with Crippen molar-refractivity contribution in [3.63, 3.8) is 0 Å². The van der Waals surface area contributed by atoms with Crippen LogP contribution in [0.3, 0.4) is 0 Å². The Morgan fingerprint density at radius 3 is 2.83 bits per heavy atom. The Bertz CT molecular complexity index is 372. The van der Waals surface area contributed by atoms with E-state index in [0.717, 1.165) is 11.5 Å². The number of nitrogens with zero attached hydrogens (tertiary/aromatic N) is 2. The van der Waals surface area contributed by atoms with Crippen LogP contribution < -0.4 is 0 Å². The Labute approximate surface area is 72.9 Å². The second-order valence-electron chi connectivity index (χ2n) is 2.19. The molecule has 4 heteroatoms. The van der Waals surface area contributed by atoms with Crippen molar-refractivity contribution in [1.82, 2.24) is 9.36 Å². The minimum atomic E-state index is -0.302. The van der Waals surface area contributed by atoms with Crippen molar-refractivity contribution in [3.8, 4) is 11.4 Å². The number of aromatic nitrogens is 2. The number of hydrogen-bond donors (Lipinski definition) is 0. The highest BCUT2D eigenvalue weighted by Crippen LogP contribution is 2.18. The van der Waals surface area contributed by atoms with Gasteiger partial charge in [0.15, 0.2) is 11.3 Å². The minimum absolute atomic E-state index is 0.302. The van der Waals surface area contributed by atoms with Gasteiger partial charge in [0.05, 0.1) is 5.56 Å². The SMILES string of the molecule is Fc1ccccc1-c1n[c]sn1. The van der Waals surface area contributed by atoms with Crippen molar-refractivity contribution >= 4 is 11.5 Å². The predicted molar refractivity (Wildman–Crippen MR) is 44.1 cm³/mol. The van der Waals surface area contributed by atoms with Crippen molar-refractivity contribution in [2.75, 3.05) is 0 Å². The van der Waals surface area contributed by atoms with Gasteiger partial charge in [0.25, 0.3) is 0 Å². The highest BCUT2D eigenvalue weighted by atomic mass is 32.1. The molecule has 0 unspecified atom stereocenters. The number of hydrogen-bond acceptors (Lipinski definition) is 3. The molecular weight excluding hydrogens is 175 g/mol. The fraction of sp³-hybridized carbons (Fsp3) is 0. The molecule has 1 heterocycles. The smallest absolute Gasteiger partial charge is 0.176 e. The lowest BCUT2D eigenvalue weighted by Gasteiger charge is -1.94. The lowest BCUT2D eigenvalue weighted by Crippen LogP contribution is -1.84. The molecule has 0 saturated heterocycles. The molecule has 0 atom stereocenters. The van der Waals surface area contributed by atoms with Crippen LogP contribution in [0.25, 0.3) is 11.4 Å². The Kier molecular flexibility index (Phi) is 1.83. The summed E-state index contributed by atoms with van der Waals surface area (Å²) in [6.45, 7) is 0. The second-order valence-corrected chi connectivity index (χ2v) is 2.74. The monoisotopic (exact) mass is 179 g/mol. The van der Waals surface area contributed by atoms with Gasteiger partial charge in [0, 0.05) is 0 Å². The summed E-state index contributed by atoms with van der Waals surface area (Å²) in [7, 11) is 0. The van der Waals surface area contributed by atoms with Gasteiger partial charge in [-0.15, -0.1) is 0 Å². The zero-order valence-corrected chi connectivity index (χ0v) is 6.81. The third-order valence-electron chi connectivity index (χ3n) is 1.44. The molecule has 0 aliphatic carbocycles. The summed E-state index contributed by atoms with van der Waals surface area (Å²) in [5.74, 6) is 0.0994. The standard InChI is InChI=1S/C8H4FN2S/c9-7-4-2-1-3-6(7)8-10-5-12-11-8/h1-4H. The largest absolute Gasteiger partial charge is 0.212 e. The van der Waals surface area contributed by atoms with Gasteiger partial charge in [0.2, 0.25) is 0 Å². The average molecular weight is 179 g/mol. The van der Waals surface area contributed by atoms with Crippen LogP contribution in [0.2, 0.25) is 0 Å². The van der Waals surface area contributed by atoms with Crippen LogP contribution in [0, 0.1) is 11.3 Å². The van der Waals surface area contributed by atoms with E-state index < -0.39 is 0 Å². The normalized spacial score (nSPS) is 10.1. The third kappa shape index (κ3) is 1.21. The molecule has 0 spiro atoms. The van der Waals surface area contributed by atoms with Gasteiger partial charge in [-0.1, -0.05) is 12.1 Å². The molecule has 0 aliphatic rings. The predicted octanol–water partition coefficient (Wildman–Crippen LogP) is 2.14. The quantitative estimate of drug-likeness (QED) is 0.670. The Morgan fingerprint density at radius 2 is 2.17 bits per heavy atom. The first-order chi connectivity index (χ1) is 5.88. The van der Waals surface area contributed by atoms with Crippen LogP contribution in [0.4, 0.5) is 4.39 Å². The van der Waals surface area contributed by atoms with E-state index in [9.17, 15) is 4.39 Å². The highest BCUT2D eigenvalue weighted by Gasteiger charge is 2.06. The summed E-state index contributed by atoms with van der Waals surface area (Å²) in [5.41, 5.74) is 3.00. The van der Waals surface area contributed by atoms with E-state index in [1.54, 1.807) is 18.2 Å². The number of rotatable bonds is 1. The number of halogens is 1. The van der Waals surface area contributed by atoms with Crippen LogP contribution in [-0.4, -0.2) is 9.36 Å². The van der Waals surface area contributed by atoms with Crippen molar-refractivity contribution in [3.05, 3.63) is 35.6 Å². The van der Waals surface area contributed by atoms with Gasteiger partial charge >= 0.3 is 0 Å². The van der Waals surface area contributed by atoms with Gasteiger partial charge in [-0.05, 0) is 23.7 Å². The maximum Gasteiger partial charge on any atom is 0.176 e. The zero-order chi connectivity index (χ0) is 8.39. The van der Waals surface area contributed by atoms with Crippen LogP contribution >= 0.6 is 11.5 Å². The van der Waals surface area contributed by atoms with E-state index in [-0.39, 0.29) is 5.82 Å². The van der Waals surface area contributed by atoms with Gasteiger partial charge in [-0.2, -0.15) is 4.37 Å². The fourth-order valence-electron chi connectivity index (χ4n) is 0.900. The molecule has 0 N–H and O–H groups in total. The van der Waals surface area contributed by atoms with E-state index in [1.165, 1.54) is 6.07 Å². The molecule has 2 nitrogen and oxygen atoms in total. The first-order valence-electron chi connectivity index (χ1n) is 3.32. The van der Waals surface area contributed by atoms with E-state index in [4.69, 9.17) is 0 Å². The maximum absolute atomic E-state index is 13.1. The van der Waals surface area contributed by atoms with Gasteiger partial charge in [-0.25, -0.2) is 9.37 Å². The van der Waals surface area contributed by atoms with Crippen LogP contribution in [0.15, 0.2) is 24.3 Å². The molecule has 1 aromatic carbocycles. The van der Waals surface area contributed by atoms with Crippen molar-refractivity contribution in [2.24, 2.45) is 0 Å². The minimum Gasteiger partial charge on any atom is -0.212 e. The summed E-state index contributed by atoms with van der Waals surface area (Å²) in [6.07, 6.45) is 0. The van der Waals surface area contributed by atoms with Crippen LogP contribution in [0.1, 0.15) is 0 Å². The Morgan fingerprint density at radius 1 is 1.33 bits per heavy atom. The first kappa shape index (κ1) is 7.36. The molecular formula is C8H4FN2S. The molecule has 0 saturated carbocycles. The van der Waals surface area contributed by atoms with Gasteiger partial charge in [0.1, 0.15) is 5.82 Å². The van der Waals surface area contributed by atoms with Gasteiger partial charge in [-0.3, -0.25) is 0 Å². The molecule has 12 heavy (non-hydrogen) atoms. The van der Waals surface area contributed by atoms with Crippen LogP contribution in [0.5, 0.6) is 0 Å². The Balaban J connectivity index is 2.55. The average Bonchev–Trinajstić information content (AvgIpc) is 2.57. The molecule has 0 fully saturated rings. The van der Waals surface area contributed by atoms with E-state index in [1.807, 2.05) is 0 Å². The summed E-state index contributed by atoms with van der Waals surface area (Å²) >= 11 is 1.09. The molecule has 1 aromatic heterocycles. The molecule has 2 rings (SSSR count). The first-order valence-corrected chi connectivity index (χ1v) is 4.10. The molecule has 0 bridgehead atoms. The van der Waals surface area contributed by atoms with E-state index in [2.05, 4.69) is 14.9 Å². The van der Waals surface area contributed by atoms with Gasteiger partial charge < -0.3 is 0 Å². The summed E-state index contributed by atoms with van der Waals surface area (Å²) in [6, 6.07) is 6.41. The third-order valence-corrected chi connectivity index (χ3v) is 1.88. The Hall–Kier alpha value is -1.29. The number of benzene rings is 1. The molecule has 1 radical (unpaired) electrons. The van der Waals surface area contributed by atoms with Crippen molar-refractivity contribution < 1.29 is 4.39 Å². The van der Waals surface area contributed by atoms with E-state index in [0.29, 0.717) is 11.4 Å². The lowest BCUT2D eigenvalue weighted by molar-refractivity contribution is 0.630. The highest BCUT2D eigenvalue weighted by molar-refractivity contribution is 7.02. The second kappa shape index (κ2) is 2.98. The van der Waals surface area contributed by atoms with Crippen LogP contribution in [-0.2, 0) is 0 Å². The van der Waals surface area contributed by atoms with Crippen molar-refractivity contribution in [2.45, 2.75) is 0 Å². The molecule has 0 amide bonds. The zero-order valence-electron chi connectivity index (χ0n) is 5.99. The van der Waals surface area contributed by atoms with E-state index >= 15 is 0 Å². The summed E-state index contributed by atoms with van der Waals surface area (Å²) < 4.78 is 16.9. The molecule has 2 aromatic rings. The molecule has 59 valence electrons. The van der Waals surface area contributed by atoms with Crippen molar-refractivity contribution in [1.29, 1.82) is 0 Å². The molecule has 0 aliphatic heterocycles. The topological polar surface area (TPSA) is 25.8 Å². The summed E-state index contributed by atoms with van der Waals surface area (Å²) in [4.78, 5) is 3.79. The maximum atomic E-state index is 13.1. The fourth-order valence-corrected chi connectivity index (χ4v) is 1.29. The lowest BCUT2D eigenvalue weighted by atomic mass is 10.2.